The Morgan fingerprint density at radius 3 is 2.40 bits per heavy atom. The van der Waals surface area contributed by atoms with Crippen LogP contribution < -0.4 is 0 Å². The maximum Gasteiger partial charge on any atom is 0.128 e. The molecule has 0 aliphatic carbocycles. The highest BCUT2D eigenvalue weighted by atomic mass is 16.5. The molecule has 0 saturated heterocycles. The van der Waals surface area contributed by atoms with E-state index in [1.165, 1.54) is 31.9 Å². The number of unbranched alkanes of at least 4 members (excludes halogenated alkanes) is 3. The van der Waals surface area contributed by atoms with E-state index in [9.17, 15) is 0 Å². The highest BCUT2D eigenvalue weighted by Gasteiger charge is 2.29. The topological polar surface area (TPSA) is 18.5 Å². The Hall–Kier alpha value is -0.500. The van der Waals surface area contributed by atoms with Gasteiger partial charge in [0.1, 0.15) is 5.60 Å². The summed E-state index contributed by atoms with van der Waals surface area (Å²) >= 11 is 0. The summed E-state index contributed by atoms with van der Waals surface area (Å²) in [4.78, 5) is 0. The van der Waals surface area contributed by atoms with Gasteiger partial charge in [-0.2, -0.15) is 0 Å². The molecule has 0 fully saturated rings. The molecule has 0 radical (unpaired) electrons. The first kappa shape index (κ1) is 14.5. The molecule has 1 unspecified atom stereocenters. The average Bonchev–Trinajstić information content (AvgIpc) is 2.17. The number of hydrogen-bond donors (Lipinski definition) is 0. The van der Waals surface area contributed by atoms with Crippen LogP contribution in [-0.4, -0.2) is 18.8 Å². The van der Waals surface area contributed by atoms with Gasteiger partial charge in [-0.25, -0.2) is 0 Å². The molecule has 15 heavy (non-hydrogen) atoms. The third-order valence-corrected chi connectivity index (χ3v) is 2.77. The summed E-state index contributed by atoms with van der Waals surface area (Å²) in [5.41, 5.74) is -0.275. The predicted molar refractivity (Wildman–Crippen MR) is 64.9 cm³/mol. The standard InChI is InChI=1S/C13H26O2/c1-6-8-9-10-11-12(14-5)13(3,4)15-7-2/h7,12H,2,6,8-11H2,1,3-5H3. The zero-order valence-electron chi connectivity index (χ0n) is 10.7. The molecule has 0 N–H and O–H groups in total. The van der Waals surface area contributed by atoms with E-state index in [0.29, 0.717) is 0 Å². The van der Waals surface area contributed by atoms with Crippen molar-refractivity contribution in [3.63, 3.8) is 0 Å². The Bertz CT molecular complexity index is 164. The molecular formula is C13H26O2. The van der Waals surface area contributed by atoms with Crippen molar-refractivity contribution in [1.29, 1.82) is 0 Å². The Balaban J connectivity index is 3.94. The van der Waals surface area contributed by atoms with Crippen LogP contribution in [0.2, 0.25) is 0 Å². The van der Waals surface area contributed by atoms with Crippen LogP contribution in [0.25, 0.3) is 0 Å². The normalized spacial score (nSPS) is 13.6. The smallest absolute Gasteiger partial charge is 0.128 e. The van der Waals surface area contributed by atoms with E-state index in [1.54, 1.807) is 7.11 Å². The van der Waals surface area contributed by atoms with Gasteiger partial charge in [-0.3, -0.25) is 0 Å². The van der Waals surface area contributed by atoms with Crippen molar-refractivity contribution >= 4 is 0 Å². The maximum atomic E-state index is 5.48. The average molecular weight is 214 g/mol. The van der Waals surface area contributed by atoms with Crippen molar-refractivity contribution in [2.45, 2.75) is 64.6 Å². The van der Waals surface area contributed by atoms with E-state index in [1.807, 2.05) is 13.8 Å². The van der Waals surface area contributed by atoms with Crippen molar-refractivity contribution in [2.24, 2.45) is 0 Å². The summed E-state index contributed by atoms with van der Waals surface area (Å²) in [5.74, 6) is 0. The third-order valence-electron chi connectivity index (χ3n) is 2.77. The molecular weight excluding hydrogens is 188 g/mol. The number of ether oxygens (including phenoxy) is 2. The molecule has 0 aromatic rings. The Morgan fingerprint density at radius 2 is 1.93 bits per heavy atom. The van der Waals surface area contributed by atoms with Crippen LogP contribution in [0.1, 0.15) is 52.9 Å². The van der Waals surface area contributed by atoms with Crippen molar-refractivity contribution in [1.82, 2.24) is 0 Å². The molecule has 0 spiro atoms. The lowest BCUT2D eigenvalue weighted by molar-refractivity contribution is -0.0809. The fourth-order valence-electron chi connectivity index (χ4n) is 1.80. The van der Waals surface area contributed by atoms with Crippen LogP contribution in [0.5, 0.6) is 0 Å². The summed E-state index contributed by atoms with van der Waals surface area (Å²) in [6, 6.07) is 0. The zero-order chi connectivity index (χ0) is 11.7. The molecule has 0 heterocycles. The minimum Gasteiger partial charge on any atom is -0.493 e. The number of methoxy groups -OCH3 is 1. The van der Waals surface area contributed by atoms with E-state index >= 15 is 0 Å². The molecule has 0 aromatic heterocycles. The Morgan fingerprint density at radius 1 is 1.27 bits per heavy atom. The molecule has 0 aromatic carbocycles. The molecule has 0 aliphatic rings. The van der Waals surface area contributed by atoms with E-state index < -0.39 is 0 Å². The summed E-state index contributed by atoms with van der Waals surface area (Å²) in [6.45, 7) is 9.90. The van der Waals surface area contributed by atoms with Crippen LogP contribution in [0.15, 0.2) is 12.8 Å². The molecule has 2 nitrogen and oxygen atoms in total. The summed E-state index contributed by atoms with van der Waals surface area (Å²) in [6.07, 6.45) is 7.75. The first-order valence-electron chi connectivity index (χ1n) is 5.90. The van der Waals surface area contributed by atoms with Gasteiger partial charge in [0, 0.05) is 7.11 Å². The van der Waals surface area contributed by atoms with E-state index in [2.05, 4.69) is 13.5 Å². The van der Waals surface area contributed by atoms with Gasteiger partial charge in [0.25, 0.3) is 0 Å². The maximum absolute atomic E-state index is 5.48. The third kappa shape index (κ3) is 5.83. The monoisotopic (exact) mass is 214 g/mol. The van der Waals surface area contributed by atoms with E-state index in [4.69, 9.17) is 9.47 Å². The molecule has 2 heteroatoms. The highest BCUT2D eigenvalue weighted by Crippen LogP contribution is 2.22. The minimum absolute atomic E-state index is 0.146. The van der Waals surface area contributed by atoms with Gasteiger partial charge in [-0.05, 0) is 20.3 Å². The molecule has 1 atom stereocenters. The molecule has 90 valence electrons. The second-order valence-corrected chi connectivity index (χ2v) is 4.46. The van der Waals surface area contributed by atoms with Gasteiger partial charge < -0.3 is 9.47 Å². The lowest BCUT2D eigenvalue weighted by Gasteiger charge is -2.32. The van der Waals surface area contributed by atoms with Gasteiger partial charge >= 0.3 is 0 Å². The van der Waals surface area contributed by atoms with Crippen LogP contribution in [0.3, 0.4) is 0 Å². The van der Waals surface area contributed by atoms with Gasteiger partial charge in [0.05, 0.1) is 12.4 Å². The molecule has 0 amide bonds. The van der Waals surface area contributed by atoms with Crippen molar-refractivity contribution < 1.29 is 9.47 Å². The minimum atomic E-state index is -0.275. The fraction of sp³-hybridized carbons (Fsp3) is 0.846. The first-order chi connectivity index (χ1) is 7.08. The summed E-state index contributed by atoms with van der Waals surface area (Å²) in [7, 11) is 1.75. The highest BCUT2D eigenvalue weighted by molar-refractivity contribution is 4.82. The molecule has 0 bridgehead atoms. The van der Waals surface area contributed by atoms with E-state index in [0.717, 1.165) is 6.42 Å². The number of rotatable bonds is 9. The molecule has 0 aliphatic heterocycles. The van der Waals surface area contributed by atoms with Crippen LogP contribution >= 0.6 is 0 Å². The lowest BCUT2D eigenvalue weighted by atomic mass is 9.95. The second kappa shape index (κ2) is 7.75. The zero-order valence-corrected chi connectivity index (χ0v) is 10.7. The van der Waals surface area contributed by atoms with Crippen LogP contribution in [-0.2, 0) is 9.47 Å². The predicted octanol–water partition coefficient (Wildman–Crippen LogP) is 3.91. The molecule has 0 rings (SSSR count). The van der Waals surface area contributed by atoms with Gasteiger partial charge in [0.15, 0.2) is 0 Å². The summed E-state index contributed by atoms with van der Waals surface area (Å²) < 4.78 is 11.0. The van der Waals surface area contributed by atoms with Crippen LogP contribution in [0.4, 0.5) is 0 Å². The van der Waals surface area contributed by atoms with Crippen molar-refractivity contribution in [2.75, 3.05) is 7.11 Å². The first-order valence-corrected chi connectivity index (χ1v) is 5.90. The Labute approximate surface area is 94.7 Å². The largest absolute Gasteiger partial charge is 0.493 e. The lowest BCUT2D eigenvalue weighted by Crippen LogP contribution is -2.39. The van der Waals surface area contributed by atoms with Crippen molar-refractivity contribution in [3.05, 3.63) is 12.8 Å². The molecule has 0 saturated carbocycles. The van der Waals surface area contributed by atoms with Crippen LogP contribution in [0, 0.1) is 0 Å². The Kier molecular flexibility index (Phi) is 7.49. The SMILES string of the molecule is C=COC(C)(C)C(CCCCCC)OC. The quantitative estimate of drug-likeness (QED) is 0.428. The summed E-state index contributed by atoms with van der Waals surface area (Å²) in [5, 5.41) is 0. The second-order valence-electron chi connectivity index (χ2n) is 4.46. The number of hydrogen-bond acceptors (Lipinski definition) is 2. The van der Waals surface area contributed by atoms with Gasteiger partial charge in [-0.1, -0.05) is 39.2 Å². The van der Waals surface area contributed by atoms with Gasteiger partial charge in [0.2, 0.25) is 0 Å². The van der Waals surface area contributed by atoms with E-state index in [-0.39, 0.29) is 11.7 Å². The van der Waals surface area contributed by atoms with Gasteiger partial charge in [-0.15, -0.1) is 0 Å². The van der Waals surface area contributed by atoms with Crippen molar-refractivity contribution in [3.8, 4) is 0 Å². The fourth-order valence-corrected chi connectivity index (χ4v) is 1.80.